The molecule has 0 saturated carbocycles. The first kappa shape index (κ1) is 11.2. The zero-order valence-electron chi connectivity index (χ0n) is 9.71. The van der Waals surface area contributed by atoms with E-state index in [2.05, 4.69) is 15.5 Å². The number of aryl methyl sites for hydroxylation is 1. The summed E-state index contributed by atoms with van der Waals surface area (Å²) in [5.41, 5.74) is 7.06. The van der Waals surface area contributed by atoms with Crippen molar-refractivity contribution in [2.24, 2.45) is 7.05 Å². The molecular weight excluding hydrogens is 220 g/mol. The van der Waals surface area contributed by atoms with Gasteiger partial charge in [0.05, 0.1) is 17.6 Å². The Morgan fingerprint density at radius 1 is 1.59 bits per heavy atom. The van der Waals surface area contributed by atoms with Crippen molar-refractivity contribution in [1.82, 2.24) is 19.6 Å². The smallest absolute Gasteiger partial charge is 0.246 e. The van der Waals surface area contributed by atoms with E-state index in [0.717, 1.165) is 5.69 Å². The largest absolute Gasteiger partial charge is 0.382 e. The predicted molar refractivity (Wildman–Crippen MR) is 63.2 cm³/mol. The van der Waals surface area contributed by atoms with Crippen LogP contribution in [0.3, 0.4) is 0 Å². The summed E-state index contributed by atoms with van der Waals surface area (Å²) in [4.78, 5) is 11.7. The fourth-order valence-corrected chi connectivity index (χ4v) is 1.42. The van der Waals surface area contributed by atoms with Gasteiger partial charge in [0, 0.05) is 13.2 Å². The molecule has 0 aliphatic carbocycles. The van der Waals surface area contributed by atoms with Crippen molar-refractivity contribution in [3.05, 3.63) is 24.2 Å². The van der Waals surface area contributed by atoms with Crippen LogP contribution in [0.2, 0.25) is 0 Å². The molecule has 2 aromatic heterocycles. The quantitative estimate of drug-likeness (QED) is 0.790. The van der Waals surface area contributed by atoms with Crippen LogP contribution >= 0.6 is 0 Å². The molecule has 7 heteroatoms. The van der Waals surface area contributed by atoms with Gasteiger partial charge in [-0.3, -0.25) is 14.2 Å². The van der Waals surface area contributed by atoms with E-state index in [9.17, 15) is 4.79 Å². The predicted octanol–water partition coefficient (Wildman–Crippen LogP) is 0.146. The normalized spacial score (nSPS) is 10.5. The number of nitrogens with two attached hydrogens (primary N) is 1. The monoisotopic (exact) mass is 234 g/mol. The molecule has 7 nitrogen and oxygen atoms in total. The molecule has 0 fully saturated rings. The number of nitrogen functional groups attached to an aromatic ring is 1. The Hall–Kier alpha value is -2.31. The van der Waals surface area contributed by atoms with Crippen molar-refractivity contribution in [2.75, 3.05) is 11.1 Å². The maximum atomic E-state index is 11.7. The third kappa shape index (κ3) is 2.44. The molecule has 0 aromatic carbocycles. The van der Waals surface area contributed by atoms with Crippen molar-refractivity contribution in [3.63, 3.8) is 0 Å². The lowest BCUT2D eigenvalue weighted by atomic mass is 10.4. The van der Waals surface area contributed by atoms with Crippen molar-refractivity contribution in [1.29, 1.82) is 0 Å². The number of carbonyl (C=O) groups excluding carboxylic acids is 1. The van der Waals surface area contributed by atoms with Gasteiger partial charge in [-0.15, -0.1) is 0 Å². The molecule has 0 saturated heterocycles. The summed E-state index contributed by atoms with van der Waals surface area (Å²) in [6.45, 7) is 2.01. The van der Waals surface area contributed by atoms with E-state index in [1.54, 1.807) is 23.1 Å². The van der Waals surface area contributed by atoms with Crippen LogP contribution in [0.15, 0.2) is 18.5 Å². The molecule has 2 heterocycles. The second-order valence-corrected chi connectivity index (χ2v) is 3.75. The van der Waals surface area contributed by atoms with Gasteiger partial charge in [-0.2, -0.15) is 10.2 Å². The summed E-state index contributed by atoms with van der Waals surface area (Å²) in [5, 5.41) is 10.7. The Morgan fingerprint density at radius 3 is 2.88 bits per heavy atom. The van der Waals surface area contributed by atoms with Crippen LogP contribution in [0.1, 0.15) is 5.69 Å². The first-order valence-electron chi connectivity index (χ1n) is 5.13. The van der Waals surface area contributed by atoms with Gasteiger partial charge in [-0.25, -0.2) is 0 Å². The maximum absolute atomic E-state index is 11.7. The lowest BCUT2D eigenvalue weighted by Crippen LogP contribution is -2.19. The number of rotatable bonds is 3. The molecule has 0 atom stereocenters. The van der Waals surface area contributed by atoms with E-state index in [-0.39, 0.29) is 12.5 Å². The molecule has 2 rings (SSSR count). The first-order chi connectivity index (χ1) is 8.06. The molecule has 0 radical (unpaired) electrons. The van der Waals surface area contributed by atoms with Gasteiger partial charge in [0.2, 0.25) is 5.91 Å². The molecule has 0 unspecified atom stereocenters. The molecule has 0 bridgehead atoms. The van der Waals surface area contributed by atoms with E-state index in [1.807, 2.05) is 14.0 Å². The summed E-state index contributed by atoms with van der Waals surface area (Å²) in [6, 6.07) is 1.64. The number of anilines is 2. The van der Waals surface area contributed by atoms with Gasteiger partial charge >= 0.3 is 0 Å². The van der Waals surface area contributed by atoms with Gasteiger partial charge in [0.1, 0.15) is 12.4 Å². The molecule has 3 N–H and O–H groups in total. The zero-order chi connectivity index (χ0) is 12.4. The second kappa shape index (κ2) is 4.28. The molecule has 17 heavy (non-hydrogen) atoms. The average molecular weight is 234 g/mol. The van der Waals surface area contributed by atoms with Crippen LogP contribution < -0.4 is 11.1 Å². The highest BCUT2D eigenvalue weighted by Gasteiger charge is 2.08. The van der Waals surface area contributed by atoms with Gasteiger partial charge in [-0.05, 0) is 13.0 Å². The van der Waals surface area contributed by atoms with Crippen LogP contribution in [0, 0.1) is 6.92 Å². The molecule has 90 valence electrons. The van der Waals surface area contributed by atoms with E-state index < -0.39 is 0 Å². The highest BCUT2D eigenvalue weighted by molar-refractivity contribution is 5.90. The molecule has 0 spiro atoms. The topological polar surface area (TPSA) is 90.8 Å². The summed E-state index contributed by atoms with van der Waals surface area (Å²) in [7, 11) is 1.82. The summed E-state index contributed by atoms with van der Waals surface area (Å²) >= 11 is 0. The number of nitrogens with one attached hydrogen (secondary N) is 1. The van der Waals surface area contributed by atoms with E-state index >= 15 is 0 Å². The minimum absolute atomic E-state index is 0.130. The van der Waals surface area contributed by atoms with E-state index in [4.69, 9.17) is 5.73 Å². The number of aromatic nitrogens is 4. The van der Waals surface area contributed by atoms with Crippen LogP contribution in [0.4, 0.5) is 11.5 Å². The number of amides is 1. The van der Waals surface area contributed by atoms with Crippen molar-refractivity contribution in [3.8, 4) is 0 Å². The second-order valence-electron chi connectivity index (χ2n) is 3.75. The Kier molecular flexibility index (Phi) is 2.82. The van der Waals surface area contributed by atoms with Crippen LogP contribution in [-0.4, -0.2) is 25.5 Å². The van der Waals surface area contributed by atoms with Crippen molar-refractivity contribution < 1.29 is 4.79 Å². The molecule has 0 aliphatic heterocycles. The molecule has 0 aliphatic rings. The Bertz CT molecular complexity index is 541. The SMILES string of the molecule is Cc1c(NC(=O)Cn2ccc(N)n2)cnn1C. The van der Waals surface area contributed by atoms with Gasteiger partial charge < -0.3 is 11.1 Å². The molecule has 1 amide bonds. The number of carbonyl (C=O) groups is 1. The number of nitrogens with zero attached hydrogens (tertiary/aromatic N) is 4. The zero-order valence-corrected chi connectivity index (χ0v) is 9.71. The van der Waals surface area contributed by atoms with Crippen LogP contribution in [0.5, 0.6) is 0 Å². The highest BCUT2D eigenvalue weighted by atomic mass is 16.2. The summed E-state index contributed by atoms with van der Waals surface area (Å²) in [6.07, 6.45) is 3.27. The fraction of sp³-hybridized carbons (Fsp3) is 0.300. The summed E-state index contributed by atoms with van der Waals surface area (Å²) < 4.78 is 3.18. The van der Waals surface area contributed by atoms with E-state index in [0.29, 0.717) is 11.5 Å². The Labute approximate surface area is 98.2 Å². The molecule has 2 aromatic rings. The fourth-order valence-electron chi connectivity index (χ4n) is 1.42. The van der Waals surface area contributed by atoms with Crippen LogP contribution in [-0.2, 0) is 18.4 Å². The first-order valence-corrected chi connectivity index (χ1v) is 5.13. The highest BCUT2D eigenvalue weighted by Crippen LogP contribution is 2.11. The minimum Gasteiger partial charge on any atom is -0.382 e. The Morgan fingerprint density at radius 2 is 2.35 bits per heavy atom. The van der Waals surface area contributed by atoms with Gasteiger partial charge in [-0.1, -0.05) is 0 Å². The van der Waals surface area contributed by atoms with Crippen LogP contribution in [0.25, 0.3) is 0 Å². The summed E-state index contributed by atoms with van der Waals surface area (Å²) in [5.74, 6) is 0.236. The third-order valence-electron chi connectivity index (χ3n) is 2.48. The third-order valence-corrected chi connectivity index (χ3v) is 2.48. The standard InChI is InChI=1S/C10H14N6O/c1-7-8(5-12-15(7)2)13-10(17)6-16-4-3-9(11)14-16/h3-5H,6H2,1-2H3,(H2,11,14)(H,13,17). The molecular formula is C10H14N6O. The Balaban J connectivity index is 2.00. The van der Waals surface area contributed by atoms with Crippen molar-refractivity contribution >= 4 is 17.4 Å². The lowest BCUT2D eigenvalue weighted by molar-refractivity contribution is -0.116. The number of hydrogen-bond acceptors (Lipinski definition) is 4. The van der Waals surface area contributed by atoms with E-state index in [1.165, 1.54) is 4.68 Å². The average Bonchev–Trinajstić information content (AvgIpc) is 2.79. The minimum atomic E-state index is -0.163. The maximum Gasteiger partial charge on any atom is 0.246 e. The van der Waals surface area contributed by atoms with Gasteiger partial charge in [0.25, 0.3) is 0 Å². The van der Waals surface area contributed by atoms with Gasteiger partial charge in [0.15, 0.2) is 0 Å². The lowest BCUT2D eigenvalue weighted by Gasteiger charge is -2.04. The van der Waals surface area contributed by atoms with Crippen molar-refractivity contribution in [2.45, 2.75) is 13.5 Å². The number of hydrogen-bond donors (Lipinski definition) is 2.